The molecule has 0 bridgehead atoms. The van der Waals surface area contributed by atoms with Gasteiger partial charge in [0.15, 0.2) is 0 Å². The molecule has 3 heterocycles. The molecular weight excluding hydrogens is 368 g/mol. The van der Waals surface area contributed by atoms with Crippen molar-refractivity contribution in [2.24, 2.45) is 5.92 Å². The number of likely N-dealkylation sites (tertiary alicyclic amines) is 1. The van der Waals surface area contributed by atoms with E-state index in [1.165, 1.54) is 19.3 Å². The Hall–Kier alpha value is -2.25. The molecular formula is C22H30N4O3. The largest absolute Gasteiger partial charge is 0.322 e. The Morgan fingerprint density at radius 1 is 1.14 bits per heavy atom. The number of rotatable bonds is 6. The minimum atomic E-state index is -0.552. The zero-order chi connectivity index (χ0) is 20.4. The van der Waals surface area contributed by atoms with Crippen LogP contribution in [0, 0.1) is 5.92 Å². The quantitative estimate of drug-likeness (QED) is 0.706. The van der Waals surface area contributed by atoms with Gasteiger partial charge >= 0.3 is 0 Å². The summed E-state index contributed by atoms with van der Waals surface area (Å²) in [6.07, 6.45) is 4.32. The highest BCUT2D eigenvalue weighted by molar-refractivity contribution is 6.05. The lowest BCUT2D eigenvalue weighted by atomic mass is 9.93. The Bertz CT molecular complexity index is 801. The van der Waals surface area contributed by atoms with Gasteiger partial charge in [-0.2, -0.15) is 0 Å². The molecule has 1 unspecified atom stereocenters. The topological polar surface area (TPSA) is 81.8 Å². The molecule has 29 heavy (non-hydrogen) atoms. The molecule has 3 aliphatic rings. The normalized spacial score (nSPS) is 23.4. The molecule has 0 aromatic heterocycles. The van der Waals surface area contributed by atoms with Crippen molar-refractivity contribution in [1.29, 1.82) is 0 Å². The molecule has 7 heteroatoms. The molecule has 0 spiro atoms. The van der Waals surface area contributed by atoms with Crippen LogP contribution in [0.15, 0.2) is 18.2 Å². The Morgan fingerprint density at radius 3 is 2.66 bits per heavy atom. The fraction of sp³-hybridized carbons (Fsp3) is 0.591. The fourth-order valence-electron chi connectivity index (χ4n) is 4.84. The minimum Gasteiger partial charge on any atom is -0.322 e. The van der Waals surface area contributed by atoms with Gasteiger partial charge in [-0.25, -0.2) is 0 Å². The summed E-state index contributed by atoms with van der Waals surface area (Å²) in [5.74, 6) is 0.0978. The lowest BCUT2D eigenvalue weighted by Gasteiger charge is -2.32. The summed E-state index contributed by atoms with van der Waals surface area (Å²) < 4.78 is 0. The molecule has 4 rings (SSSR count). The Labute approximate surface area is 171 Å². The summed E-state index contributed by atoms with van der Waals surface area (Å²) in [7, 11) is 2.00. The van der Waals surface area contributed by atoms with Gasteiger partial charge in [-0.05, 0) is 69.4 Å². The van der Waals surface area contributed by atoms with E-state index in [1.807, 2.05) is 25.2 Å². The smallest absolute Gasteiger partial charge is 0.255 e. The molecule has 1 aromatic carbocycles. The molecule has 2 N–H and O–H groups in total. The van der Waals surface area contributed by atoms with E-state index in [0.29, 0.717) is 13.0 Å². The van der Waals surface area contributed by atoms with E-state index in [0.717, 1.165) is 48.8 Å². The van der Waals surface area contributed by atoms with Crippen molar-refractivity contribution in [3.63, 3.8) is 0 Å². The van der Waals surface area contributed by atoms with E-state index in [2.05, 4.69) is 15.5 Å². The van der Waals surface area contributed by atoms with Crippen LogP contribution in [0.5, 0.6) is 0 Å². The summed E-state index contributed by atoms with van der Waals surface area (Å²) in [5.41, 5.74) is 2.80. The average molecular weight is 399 g/mol. The summed E-state index contributed by atoms with van der Waals surface area (Å²) in [4.78, 5) is 41.0. The molecule has 3 aliphatic heterocycles. The van der Waals surface area contributed by atoms with Gasteiger partial charge in [0, 0.05) is 25.1 Å². The number of benzene rings is 1. The zero-order valence-corrected chi connectivity index (χ0v) is 17.1. The van der Waals surface area contributed by atoms with Crippen LogP contribution in [0.3, 0.4) is 0 Å². The summed E-state index contributed by atoms with van der Waals surface area (Å²) in [5, 5.41) is 5.60. The van der Waals surface area contributed by atoms with Gasteiger partial charge in [-0.3, -0.25) is 24.6 Å². The predicted molar refractivity (Wildman–Crippen MR) is 109 cm³/mol. The number of piperidine rings is 2. The lowest BCUT2D eigenvalue weighted by Crippen LogP contribution is -2.52. The maximum Gasteiger partial charge on any atom is 0.255 e. The Morgan fingerprint density at radius 2 is 1.93 bits per heavy atom. The highest BCUT2D eigenvalue weighted by Gasteiger charge is 2.40. The Kier molecular flexibility index (Phi) is 5.96. The predicted octanol–water partition coefficient (Wildman–Crippen LogP) is 1.27. The summed E-state index contributed by atoms with van der Waals surface area (Å²) >= 11 is 0. The van der Waals surface area contributed by atoms with E-state index < -0.39 is 6.04 Å². The van der Waals surface area contributed by atoms with Crippen molar-refractivity contribution in [3.05, 3.63) is 34.9 Å². The number of carbonyl (C=O) groups excluding carboxylic acids is 3. The maximum atomic E-state index is 13.2. The molecule has 0 saturated carbocycles. The second-order valence-electron chi connectivity index (χ2n) is 8.46. The molecule has 156 valence electrons. The molecule has 2 saturated heterocycles. The SMILES string of the molecule is CNCCC1CCN(Cc2cccc3c2C(=O)N(C2CCC(=O)NC2=O)C3)CC1. The van der Waals surface area contributed by atoms with E-state index >= 15 is 0 Å². The number of imide groups is 1. The number of fused-ring (bicyclic) bond motifs is 1. The van der Waals surface area contributed by atoms with Crippen LogP contribution in [0.25, 0.3) is 0 Å². The van der Waals surface area contributed by atoms with E-state index in [4.69, 9.17) is 0 Å². The van der Waals surface area contributed by atoms with Crippen molar-refractivity contribution >= 4 is 17.7 Å². The van der Waals surface area contributed by atoms with Crippen LogP contribution in [0.1, 0.15) is 53.6 Å². The molecule has 7 nitrogen and oxygen atoms in total. The number of nitrogens with zero attached hydrogens (tertiary/aromatic N) is 2. The number of hydrogen-bond acceptors (Lipinski definition) is 5. The molecule has 1 aromatic rings. The van der Waals surface area contributed by atoms with Gasteiger partial charge in [0.1, 0.15) is 6.04 Å². The van der Waals surface area contributed by atoms with Crippen molar-refractivity contribution in [2.75, 3.05) is 26.7 Å². The van der Waals surface area contributed by atoms with Crippen LogP contribution in [0.2, 0.25) is 0 Å². The first kappa shape index (κ1) is 20.0. The Balaban J connectivity index is 1.43. The van der Waals surface area contributed by atoms with Gasteiger partial charge in [-0.15, -0.1) is 0 Å². The number of carbonyl (C=O) groups is 3. The van der Waals surface area contributed by atoms with Gasteiger partial charge in [-0.1, -0.05) is 18.2 Å². The number of nitrogens with one attached hydrogen (secondary N) is 2. The summed E-state index contributed by atoms with van der Waals surface area (Å²) in [6, 6.07) is 5.47. The van der Waals surface area contributed by atoms with Gasteiger partial charge in [0.05, 0.1) is 0 Å². The molecule has 0 aliphatic carbocycles. The van der Waals surface area contributed by atoms with Crippen LogP contribution in [0.4, 0.5) is 0 Å². The third-order valence-electron chi connectivity index (χ3n) is 6.54. The third kappa shape index (κ3) is 4.21. The van der Waals surface area contributed by atoms with Crippen molar-refractivity contribution in [3.8, 4) is 0 Å². The van der Waals surface area contributed by atoms with Crippen molar-refractivity contribution in [2.45, 2.75) is 51.2 Å². The van der Waals surface area contributed by atoms with Crippen LogP contribution < -0.4 is 10.6 Å². The molecule has 2 fully saturated rings. The second kappa shape index (κ2) is 8.63. The monoisotopic (exact) mass is 398 g/mol. The zero-order valence-electron chi connectivity index (χ0n) is 17.1. The molecule has 3 amide bonds. The van der Waals surface area contributed by atoms with E-state index in [1.54, 1.807) is 4.90 Å². The number of hydrogen-bond donors (Lipinski definition) is 2. The van der Waals surface area contributed by atoms with E-state index in [9.17, 15) is 14.4 Å². The first-order valence-corrected chi connectivity index (χ1v) is 10.7. The maximum absolute atomic E-state index is 13.2. The highest BCUT2D eigenvalue weighted by Crippen LogP contribution is 2.31. The minimum absolute atomic E-state index is 0.0750. The van der Waals surface area contributed by atoms with Crippen molar-refractivity contribution in [1.82, 2.24) is 20.4 Å². The van der Waals surface area contributed by atoms with Crippen LogP contribution >= 0.6 is 0 Å². The number of amides is 3. The summed E-state index contributed by atoms with van der Waals surface area (Å²) in [6.45, 7) is 4.41. The average Bonchev–Trinajstić information content (AvgIpc) is 3.05. The van der Waals surface area contributed by atoms with Gasteiger partial charge in [0.25, 0.3) is 5.91 Å². The fourth-order valence-corrected chi connectivity index (χ4v) is 4.84. The van der Waals surface area contributed by atoms with Gasteiger partial charge < -0.3 is 10.2 Å². The molecule has 1 atom stereocenters. The molecule has 0 radical (unpaired) electrons. The first-order chi connectivity index (χ1) is 14.1. The van der Waals surface area contributed by atoms with Gasteiger partial charge in [0.2, 0.25) is 11.8 Å². The lowest BCUT2D eigenvalue weighted by molar-refractivity contribution is -0.136. The third-order valence-corrected chi connectivity index (χ3v) is 6.54. The van der Waals surface area contributed by atoms with Crippen LogP contribution in [-0.4, -0.2) is 60.2 Å². The standard InChI is InChI=1S/C22H30N4O3/c1-23-10-7-15-8-11-25(12-9-15)13-16-3-2-4-17-14-26(22(29)20(16)17)18-5-6-19(27)24-21(18)28/h2-4,15,18,23H,5-14H2,1H3,(H,24,27,28). The second-order valence-corrected chi connectivity index (χ2v) is 8.46. The van der Waals surface area contributed by atoms with Crippen molar-refractivity contribution < 1.29 is 14.4 Å². The van der Waals surface area contributed by atoms with E-state index in [-0.39, 0.29) is 24.1 Å². The van der Waals surface area contributed by atoms with Crippen LogP contribution in [-0.2, 0) is 22.7 Å². The first-order valence-electron chi connectivity index (χ1n) is 10.7. The highest BCUT2D eigenvalue weighted by atomic mass is 16.2.